The van der Waals surface area contributed by atoms with Crippen LogP contribution in [0.4, 0.5) is 0 Å². The Labute approximate surface area is 84.0 Å². The third kappa shape index (κ3) is 2.15. The van der Waals surface area contributed by atoms with E-state index in [4.69, 9.17) is 0 Å². The van der Waals surface area contributed by atoms with E-state index < -0.39 is 10.8 Å². The molecule has 0 amide bonds. The summed E-state index contributed by atoms with van der Waals surface area (Å²) in [5, 5.41) is 5.40. The predicted octanol–water partition coefficient (Wildman–Crippen LogP) is 1.00. The number of aromatic nitrogens is 1. The van der Waals surface area contributed by atoms with Crippen LogP contribution in [-0.4, -0.2) is 27.5 Å². The van der Waals surface area contributed by atoms with Crippen LogP contribution in [0.1, 0.15) is 12.8 Å². The standard InChI is InChI=1S/C8H12N2OS2/c11-13(8-10-4-5-12-8)7-2-1-3-9-6-7/h4-5,7,9H,1-3,6H2/t7-,13+/m0/s1. The Hall–Kier alpha value is -0.260. The van der Waals surface area contributed by atoms with Crippen molar-refractivity contribution in [1.29, 1.82) is 0 Å². The fourth-order valence-electron chi connectivity index (χ4n) is 1.45. The average molecular weight is 216 g/mol. The summed E-state index contributed by atoms with van der Waals surface area (Å²) >= 11 is 1.49. The highest BCUT2D eigenvalue weighted by atomic mass is 32.2. The van der Waals surface area contributed by atoms with E-state index in [1.807, 2.05) is 5.38 Å². The molecule has 1 aliphatic rings. The van der Waals surface area contributed by atoms with Crippen LogP contribution in [0.25, 0.3) is 0 Å². The third-order valence-corrected chi connectivity index (χ3v) is 4.94. The third-order valence-electron chi connectivity index (χ3n) is 2.14. The first-order valence-electron chi connectivity index (χ1n) is 4.39. The zero-order valence-corrected chi connectivity index (χ0v) is 8.87. The average Bonchev–Trinajstić information content (AvgIpc) is 2.71. The van der Waals surface area contributed by atoms with Gasteiger partial charge in [-0.25, -0.2) is 4.98 Å². The van der Waals surface area contributed by atoms with E-state index in [9.17, 15) is 4.21 Å². The van der Waals surface area contributed by atoms with Crippen LogP contribution < -0.4 is 5.32 Å². The van der Waals surface area contributed by atoms with Crippen LogP contribution in [0.15, 0.2) is 15.9 Å². The maximum Gasteiger partial charge on any atom is 0.180 e. The Bertz CT molecular complexity index is 280. The molecule has 1 saturated heterocycles. The number of rotatable bonds is 2. The molecule has 2 heterocycles. The number of thiazole rings is 1. The van der Waals surface area contributed by atoms with Crippen molar-refractivity contribution in [2.45, 2.75) is 22.4 Å². The SMILES string of the molecule is O=[S@@](c1nccs1)[C@H]1CCCNC1. The molecule has 0 bridgehead atoms. The fraction of sp³-hybridized carbons (Fsp3) is 0.625. The summed E-state index contributed by atoms with van der Waals surface area (Å²) in [6.45, 7) is 1.93. The molecule has 0 radical (unpaired) electrons. The maximum absolute atomic E-state index is 11.9. The van der Waals surface area contributed by atoms with Gasteiger partial charge in [-0.3, -0.25) is 4.21 Å². The molecular formula is C8H12N2OS2. The highest BCUT2D eigenvalue weighted by Gasteiger charge is 2.22. The first-order chi connectivity index (χ1) is 6.38. The van der Waals surface area contributed by atoms with Gasteiger partial charge in [0.2, 0.25) is 0 Å². The summed E-state index contributed by atoms with van der Waals surface area (Å²) < 4.78 is 12.7. The van der Waals surface area contributed by atoms with Crippen LogP contribution in [0.3, 0.4) is 0 Å². The van der Waals surface area contributed by atoms with E-state index >= 15 is 0 Å². The topological polar surface area (TPSA) is 42.0 Å². The molecule has 1 fully saturated rings. The minimum atomic E-state index is -0.894. The Kier molecular flexibility index (Phi) is 3.08. The molecule has 1 N–H and O–H groups in total. The Balaban J connectivity index is 2.04. The van der Waals surface area contributed by atoms with E-state index in [-0.39, 0.29) is 5.25 Å². The summed E-state index contributed by atoms with van der Waals surface area (Å²) in [4.78, 5) is 4.08. The molecule has 1 aromatic rings. The number of nitrogens with zero attached hydrogens (tertiary/aromatic N) is 1. The zero-order valence-electron chi connectivity index (χ0n) is 7.23. The first kappa shape index (κ1) is 9.30. The van der Waals surface area contributed by atoms with E-state index in [1.165, 1.54) is 11.3 Å². The molecule has 72 valence electrons. The predicted molar refractivity (Wildman–Crippen MR) is 54.4 cm³/mol. The normalized spacial score (nSPS) is 25.7. The van der Waals surface area contributed by atoms with Gasteiger partial charge in [-0.2, -0.15) is 0 Å². The lowest BCUT2D eigenvalue weighted by atomic mass is 10.2. The highest BCUT2D eigenvalue weighted by molar-refractivity contribution is 7.87. The van der Waals surface area contributed by atoms with Crippen molar-refractivity contribution in [2.24, 2.45) is 0 Å². The van der Waals surface area contributed by atoms with E-state index in [1.54, 1.807) is 6.20 Å². The minimum absolute atomic E-state index is 0.264. The summed E-state index contributed by atoms with van der Waals surface area (Å²) in [5.41, 5.74) is 0. The van der Waals surface area contributed by atoms with Crippen molar-refractivity contribution < 1.29 is 4.21 Å². The van der Waals surface area contributed by atoms with Crippen molar-refractivity contribution in [3.63, 3.8) is 0 Å². The van der Waals surface area contributed by atoms with E-state index in [0.717, 1.165) is 30.3 Å². The van der Waals surface area contributed by atoms with Crippen molar-refractivity contribution >= 4 is 22.1 Å². The van der Waals surface area contributed by atoms with Crippen LogP contribution >= 0.6 is 11.3 Å². The zero-order chi connectivity index (χ0) is 9.10. The molecule has 1 aliphatic heterocycles. The van der Waals surface area contributed by atoms with Gasteiger partial charge in [0.15, 0.2) is 4.34 Å². The first-order valence-corrected chi connectivity index (χ1v) is 6.48. The second kappa shape index (κ2) is 4.30. The van der Waals surface area contributed by atoms with Crippen molar-refractivity contribution in [3.05, 3.63) is 11.6 Å². The van der Waals surface area contributed by atoms with Crippen molar-refractivity contribution in [1.82, 2.24) is 10.3 Å². The molecule has 5 heteroatoms. The number of piperidine rings is 1. The minimum Gasteiger partial charge on any atom is -0.316 e. The summed E-state index contributed by atoms with van der Waals surface area (Å²) in [6.07, 6.45) is 3.90. The van der Waals surface area contributed by atoms with Gasteiger partial charge in [-0.1, -0.05) is 0 Å². The summed E-state index contributed by atoms with van der Waals surface area (Å²) in [7, 11) is -0.894. The highest BCUT2D eigenvalue weighted by Crippen LogP contribution is 2.18. The lowest BCUT2D eigenvalue weighted by Crippen LogP contribution is -2.36. The fourth-order valence-corrected chi connectivity index (χ4v) is 3.87. The van der Waals surface area contributed by atoms with Crippen molar-refractivity contribution in [2.75, 3.05) is 13.1 Å². The monoisotopic (exact) mass is 216 g/mol. The van der Waals surface area contributed by atoms with E-state index in [0.29, 0.717) is 0 Å². The summed E-state index contributed by atoms with van der Waals surface area (Å²) in [6, 6.07) is 0. The number of hydrogen-bond acceptors (Lipinski definition) is 4. The van der Waals surface area contributed by atoms with Gasteiger partial charge in [0.25, 0.3) is 0 Å². The lowest BCUT2D eigenvalue weighted by Gasteiger charge is -2.20. The molecule has 0 aliphatic carbocycles. The molecule has 0 aromatic carbocycles. The molecule has 2 rings (SSSR count). The smallest absolute Gasteiger partial charge is 0.180 e. The quantitative estimate of drug-likeness (QED) is 0.802. The maximum atomic E-state index is 11.9. The van der Waals surface area contributed by atoms with Crippen LogP contribution in [0.2, 0.25) is 0 Å². The van der Waals surface area contributed by atoms with Crippen LogP contribution in [0.5, 0.6) is 0 Å². The molecule has 0 unspecified atom stereocenters. The number of hydrogen-bond donors (Lipinski definition) is 1. The Morgan fingerprint density at radius 1 is 1.69 bits per heavy atom. The Morgan fingerprint density at radius 2 is 2.62 bits per heavy atom. The van der Waals surface area contributed by atoms with Gasteiger partial charge >= 0.3 is 0 Å². The van der Waals surface area contributed by atoms with Gasteiger partial charge in [-0.15, -0.1) is 11.3 Å². The van der Waals surface area contributed by atoms with Gasteiger partial charge in [0.05, 0.1) is 16.0 Å². The second-order valence-corrected chi connectivity index (χ2v) is 5.86. The summed E-state index contributed by atoms with van der Waals surface area (Å²) in [5.74, 6) is 0. The second-order valence-electron chi connectivity index (χ2n) is 3.06. The van der Waals surface area contributed by atoms with Crippen molar-refractivity contribution in [3.8, 4) is 0 Å². The van der Waals surface area contributed by atoms with E-state index in [2.05, 4.69) is 10.3 Å². The molecule has 0 spiro atoms. The van der Waals surface area contributed by atoms with Crippen LogP contribution in [-0.2, 0) is 10.8 Å². The Morgan fingerprint density at radius 3 is 3.23 bits per heavy atom. The molecule has 13 heavy (non-hydrogen) atoms. The molecular weight excluding hydrogens is 204 g/mol. The molecule has 3 nitrogen and oxygen atoms in total. The van der Waals surface area contributed by atoms with Gasteiger partial charge in [0, 0.05) is 18.1 Å². The largest absolute Gasteiger partial charge is 0.316 e. The van der Waals surface area contributed by atoms with Crippen LogP contribution in [0, 0.1) is 0 Å². The van der Waals surface area contributed by atoms with Gasteiger partial charge < -0.3 is 5.32 Å². The molecule has 1 aromatic heterocycles. The lowest BCUT2D eigenvalue weighted by molar-refractivity contribution is 0.519. The number of nitrogens with one attached hydrogen (secondary N) is 1. The van der Waals surface area contributed by atoms with Gasteiger partial charge in [0.1, 0.15) is 0 Å². The molecule has 0 saturated carbocycles. The molecule has 2 atom stereocenters. The van der Waals surface area contributed by atoms with Gasteiger partial charge in [-0.05, 0) is 19.4 Å².